The SMILES string of the molecule is CC(C)[C@@H](CC(C)(C)OC(N)=O)C(=O)N1CCCNCC1. The number of nitrogens with two attached hydrogens (primary N) is 1. The van der Waals surface area contributed by atoms with Crippen molar-refractivity contribution < 1.29 is 14.3 Å². The van der Waals surface area contributed by atoms with Crippen LogP contribution in [0.25, 0.3) is 0 Å². The minimum absolute atomic E-state index is 0.148. The molecule has 1 aliphatic rings. The molecule has 0 saturated carbocycles. The summed E-state index contributed by atoms with van der Waals surface area (Å²) in [5, 5.41) is 3.29. The Labute approximate surface area is 127 Å². The first kappa shape index (κ1) is 17.8. The molecule has 6 heteroatoms. The second-order valence-electron chi connectivity index (χ2n) is 6.66. The second-order valence-corrected chi connectivity index (χ2v) is 6.66. The Morgan fingerprint density at radius 3 is 2.52 bits per heavy atom. The molecular formula is C15H29N3O3. The number of hydrogen-bond acceptors (Lipinski definition) is 4. The first-order valence-corrected chi connectivity index (χ1v) is 7.71. The van der Waals surface area contributed by atoms with Crippen molar-refractivity contribution >= 4 is 12.0 Å². The number of primary amides is 1. The van der Waals surface area contributed by atoms with Crippen LogP contribution in [0.2, 0.25) is 0 Å². The average molecular weight is 299 g/mol. The summed E-state index contributed by atoms with van der Waals surface area (Å²) < 4.78 is 5.14. The number of hydrogen-bond donors (Lipinski definition) is 2. The average Bonchev–Trinajstić information content (AvgIpc) is 2.62. The molecule has 0 aromatic rings. The van der Waals surface area contributed by atoms with Gasteiger partial charge in [-0.25, -0.2) is 4.79 Å². The van der Waals surface area contributed by atoms with Crippen LogP contribution in [-0.2, 0) is 9.53 Å². The Kier molecular flexibility index (Phi) is 6.45. The molecule has 0 radical (unpaired) electrons. The number of nitrogens with one attached hydrogen (secondary N) is 1. The van der Waals surface area contributed by atoms with Gasteiger partial charge in [0.15, 0.2) is 0 Å². The number of nitrogens with zero attached hydrogens (tertiary/aromatic N) is 1. The van der Waals surface area contributed by atoms with Crippen molar-refractivity contribution in [3.05, 3.63) is 0 Å². The zero-order valence-electron chi connectivity index (χ0n) is 13.6. The van der Waals surface area contributed by atoms with Crippen molar-refractivity contribution in [2.75, 3.05) is 26.2 Å². The first-order chi connectivity index (χ1) is 9.73. The van der Waals surface area contributed by atoms with E-state index in [1.807, 2.05) is 18.7 Å². The lowest BCUT2D eigenvalue weighted by Gasteiger charge is -2.33. The normalized spacial score (nSPS) is 18.2. The van der Waals surface area contributed by atoms with Gasteiger partial charge in [-0.15, -0.1) is 0 Å². The van der Waals surface area contributed by atoms with Gasteiger partial charge >= 0.3 is 6.09 Å². The molecule has 1 aliphatic heterocycles. The third-order valence-corrected chi connectivity index (χ3v) is 3.86. The standard InChI is InChI=1S/C15H29N3O3/c1-11(2)12(10-15(3,4)21-14(16)20)13(19)18-8-5-6-17-7-9-18/h11-12,17H,5-10H2,1-4H3,(H2,16,20)/t12-/m1/s1. The molecule has 3 N–H and O–H groups in total. The lowest BCUT2D eigenvalue weighted by molar-refractivity contribution is -0.139. The quantitative estimate of drug-likeness (QED) is 0.802. The van der Waals surface area contributed by atoms with Gasteiger partial charge in [0.2, 0.25) is 5.91 Å². The van der Waals surface area contributed by atoms with Crippen LogP contribution in [0.4, 0.5) is 4.79 Å². The summed E-state index contributed by atoms with van der Waals surface area (Å²) in [6.07, 6.45) is 0.655. The van der Waals surface area contributed by atoms with Crippen LogP contribution in [0.15, 0.2) is 0 Å². The molecule has 0 aromatic carbocycles. The fraction of sp³-hybridized carbons (Fsp3) is 0.867. The van der Waals surface area contributed by atoms with Crippen molar-refractivity contribution in [1.29, 1.82) is 0 Å². The molecular weight excluding hydrogens is 270 g/mol. The van der Waals surface area contributed by atoms with Gasteiger partial charge in [0.25, 0.3) is 0 Å². The first-order valence-electron chi connectivity index (χ1n) is 7.71. The molecule has 1 atom stereocenters. The highest BCUT2D eigenvalue weighted by molar-refractivity contribution is 5.79. The van der Waals surface area contributed by atoms with E-state index in [-0.39, 0.29) is 17.7 Å². The summed E-state index contributed by atoms with van der Waals surface area (Å²) in [4.78, 5) is 25.7. The monoisotopic (exact) mass is 299 g/mol. The van der Waals surface area contributed by atoms with E-state index in [1.165, 1.54) is 0 Å². The Hall–Kier alpha value is -1.30. The van der Waals surface area contributed by atoms with Crippen molar-refractivity contribution in [3.63, 3.8) is 0 Å². The molecule has 1 heterocycles. The molecule has 6 nitrogen and oxygen atoms in total. The molecule has 0 spiro atoms. The van der Waals surface area contributed by atoms with Gasteiger partial charge in [0.1, 0.15) is 5.60 Å². The lowest BCUT2D eigenvalue weighted by atomic mass is 9.84. The Balaban J connectivity index is 2.75. The van der Waals surface area contributed by atoms with E-state index in [2.05, 4.69) is 5.32 Å². The maximum absolute atomic E-state index is 12.8. The van der Waals surface area contributed by atoms with Crippen LogP contribution >= 0.6 is 0 Å². The fourth-order valence-electron chi connectivity index (χ4n) is 2.75. The predicted octanol–water partition coefficient (Wildman–Crippen LogP) is 1.34. The molecule has 0 aliphatic carbocycles. The van der Waals surface area contributed by atoms with Crippen molar-refractivity contribution in [2.45, 2.75) is 46.1 Å². The van der Waals surface area contributed by atoms with Crippen LogP contribution in [0, 0.1) is 11.8 Å². The lowest BCUT2D eigenvalue weighted by Crippen LogP contribution is -2.44. The summed E-state index contributed by atoms with van der Waals surface area (Å²) in [5.41, 5.74) is 4.37. The third-order valence-electron chi connectivity index (χ3n) is 3.86. The number of carbonyl (C=O) groups is 2. The Bertz CT molecular complexity index is 361. The van der Waals surface area contributed by atoms with Gasteiger partial charge in [-0.2, -0.15) is 0 Å². The highest BCUT2D eigenvalue weighted by atomic mass is 16.6. The number of carbonyl (C=O) groups excluding carboxylic acids is 2. The van der Waals surface area contributed by atoms with Crippen LogP contribution in [-0.4, -0.2) is 48.7 Å². The molecule has 21 heavy (non-hydrogen) atoms. The van der Waals surface area contributed by atoms with Crippen molar-refractivity contribution in [2.24, 2.45) is 17.6 Å². The summed E-state index contributed by atoms with van der Waals surface area (Å²) in [5.74, 6) is 0.164. The second kappa shape index (κ2) is 7.64. The maximum Gasteiger partial charge on any atom is 0.405 e. The zero-order chi connectivity index (χ0) is 16.0. The summed E-state index contributed by atoms with van der Waals surface area (Å²) >= 11 is 0. The summed E-state index contributed by atoms with van der Waals surface area (Å²) in [6.45, 7) is 10.9. The smallest absolute Gasteiger partial charge is 0.405 e. The van der Waals surface area contributed by atoms with Crippen LogP contribution in [0.5, 0.6) is 0 Å². The maximum atomic E-state index is 12.8. The highest BCUT2D eigenvalue weighted by Crippen LogP contribution is 2.27. The number of amides is 2. The van der Waals surface area contributed by atoms with E-state index in [9.17, 15) is 9.59 Å². The van der Waals surface area contributed by atoms with E-state index in [0.717, 1.165) is 32.6 Å². The molecule has 122 valence electrons. The van der Waals surface area contributed by atoms with Crippen LogP contribution < -0.4 is 11.1 Å². The van der Waals surface area contributed by atoms with Crippen molar-refractivity contribution in [1.82, 2.24) is 10.2 Å². The van der Waals surface area contributed by atoms with E-state index < -0.39 is 11.7 Å². The molecule has 1 rings (SSSR count). The zero-order valence-corrected chi connectivity index (χ0v) is 13.6. The van der Waals surface area contributed by atoms with E-state index in [0.29, 0.717) is 6.42 Å². The summed E-state index contributed by atoms with van der Waals surface area (Å²) in [7, 11) is 0. The molecule has 0 aromatic heterocycles. The topological polar surface area (TPSA) is 84.7 Å². The largest absolute Gasteiger partial charge is 0.444 e. The summed E-state index contributed by atoms with van der Waals surface area (Å²) in [6, 6.07) is 0. The molecule has 0 unspecified atom stereocenters. The van der Waals surface area contributed by atoms with Gasteiger partial charge in [0, 0.05) is 25.6 Å². The molecule has 1 fully saturated rings. The Morgan fingerprint density at radius 1 is 1.29 bits per heavy atom. The van der Waals surface area contributed by atoms with E-state index in [4.69, 9.17) is 10.5 Å². The van der Waals surface area contributed by atoms with Gasteiger partial charge in [-0.1, -0.05) is 13.8 Å². The van der Waals surface area contributed by atoms with E-state index in [1.54, 1.807) is 13.8 Å². The van der Waals surface area contributed by atoms with Crippen molar-refractivity contribution in [3.8, 4) is 0 Å². The third kappa shape index (κ3) is 5.91. The van der Waals surface area contributed by atoms with Gasteiger partial charge in [-0.3, -0.25) is 4.79 Å². The molecule has 2 amide bonds. The van der Waals surface area contributed by atoms with Crippen LogP contribution in [0.3, 0.4) is 0 Å². The Morgan fingerprint density at radius 2 is 1.95 bits per heavy atom. The number of ether oxygens (including phenoxy) is 1. The predicted molar refractivity (Wildman–Crippen MR) is 81.8 cm³/mol. The van der Waals surface area contributed by atoms with Gasteiger partial charge in [-0.05, 0) is 39.2 Å². The number of rotatable bonds is 5. The molecule has 0 bridgehead atoms. The van der Waals surface area contributed by atoms with Gasteiger partial charge < -0.3 is 20.7 Å². The minimum atomic E-state index is -0.797. The van der Waals surface area contributed by atoms with Crippen LogP contribution in [0.1, 0.15) is 40.5 Å². The fourth-order valence-corrected chi connectivity index (χ4v) is 2.75. The highest BCUT2D eigenvalue weighted by Gasteiger charge is 2.34. The minimum Gasteiger partial charge on any atom is -0.444 e. The molecule has 1 saturated heterocycles. The van der Waals surface area contributed by atoms with E-state index >= 15 is 0 Å². The van der Waals surface area contributed by atoms with Gasteiger partial charge in [0.05, 0.1) is 0 Å².